The molecule has 0 saturated heterocycles. The van der Waals surface area contributed by atoms with Gasteiger partial charge in [-0.05, 0) is 38.1 Å². The molecule has 0 unspecified atom stereocenters. The van der Waals surface area contributed by atoms with Crippen LogP contribution < -0.4 is 15.4 Å². The first-order valence-corrected chi connectivity index (χ1v) is 6.76. The largest absolute Gasteiger partial charge is 0.492 e. The summed E-state index contributed by atoms with van der Waals surface area (Å²) in [6.07, 6.45) is 0. The summed E-state index contributed by atoms with van der Waals surface area (Å²) in [4.78, 5) is 6.60. The van der Waals surface area contributed by atoms with Crippen molar-refractivity contribution in [3.8, 4) is 5.75 Å². The van der Waals surface area contributed by atoms with E-state index in [-0.39, 0.29) is 0 Å². The molecule has 0 aliphatic carbocycles. The number of hydrogen-bond donors (Lipinski definition) is 1. The summed E-state index contributed by atoms with van der Waals surface area (Å²) in [7, 11) is 2.01. The third-order valence-electron chi connectivity index (χ3n) is 3.10. The zero-order valence-corrected chi connectivity index (χ0v) is 12.3. The van der Waals surface area contributed by atoms with Crippen molar-refractivity contribution in [1.82, 2.24) is 4.98 Å². The maximum absolute atomic E-state index is 6.17. The number of ether oxygens (including phenoxy) is 1. The first-order valence-electron chi connectivity index (χ1n) is 6.76. The van der Waals surface area contributed by atoms with Gasteiger partial charge in [-0.3, -0.25) is 4.98 Å². The van der Waals surface area contributed by atoms with Gasteiger partial charge in [-0.1, -0.05) is 12.1 Å². The Hall–Kier alpha value is -2.23. The number of para-hydroxylation sites is 1. The third kappa shape index (κ3) is 3.20. The molecule has 1 aromatic carbocycles. The summed E-state index contributed by atoms with van der Waals surface area (Å²) in [5.74, 6) is 0.731. The fourth-order valence-corrected chi connectivity index (χ4v) is 2.16. The van der Waals surface area contributed by atoms with Crippen LogP contribution in [0.5, 0.6) is 5.75 Å². The smallest absolute Gasteiger partial charge is 0.144 e. The van der Waals surface area contributed by atoms with E-state index in [1.54, 1.807) is 0 Å². The van der Waals surface area contributed by atoms with E-state index in [9.17, 15) is 0 Å². The third-order valence-corrected chi connectivity index (χ3v) is 3.10. The monoisotopic (exact) mass is 271 g/mol. The fraction of sp³-hybridized carbons (Fsp3) is 0.312. The summed E-state index contributed by atoms with van der Waals surface area (Å²) in [5.41, 5.74) is 9.84. The molecule has 2 rings (SSSR count). The lowest BCUT2D eigenvalue weighted by Gasteiger charge is -2.22. The minimum atomic E-state index is 0.608. The van der Waals surface area contributed by atoms with Gasteiger partial charge in [0.1, 0.15) is 5.75 Å². The zero-order chi connectivity index (χ0) is 14.5. The molecule has 2 N–H and O–H groups in total. The fourth-order valence-electron chi connectivity index (χ4n) is 2.16. The van der Waals surface area contributed by atoms with Gasteiger partial charge in [0.05, 0.1) is 30.2 Å². The second-order valence-corrected chi connectivity index (χ2v) is 4.75. The molecule has 0 aliphatic rings. The van der Waals surface area contributed by atoms with Crippen LogP contribution >= 0.6 is 0 Å². The van der Waals surface area contributed by atoms with Crippen molar-refractivity contribution in [3.63, 3.8) is 0 Å². The molecule has 2 aromatic rings. The molecule has 4 nitrogen and oxygen atoms in total. The van der Waals surface area contributed by atoms with Crippen LogP contribution in [0.1, 0.15) is 18.3 Å². The molecule has 0 atom stereocenters. The molecule has 0 bridgehead atoms. The SMILES string of the molecule is CCOc1cccc(N(C)Cc2cccc(C)n2)c1N. The molecule has 20 heavy (non-hydrogen) atoms. The number of benzene rings is 1. The summed E-state index contributed by atoms with van der Waals surface area (Å²) < 4.78 is 5.53. The lowest BCUT2D eigenvalue weighted by molar-refractivity contribution is 0.342. The van der Waals surface area contributed by atoms with Crippen molar-refractivity contribution in [2.45, 2.75) is 20.4 Å². The Balaban J connectivity index is 2.21. The maximum atomic E-state index is 6.17. The van der Waals surface area contributed by atoms with Crippen LogP contribution in [-0.4, -0.2) is 18.6 Å². The molecule has 0 fully saturated rings. The van der Waals surface area contributed by atoms with Gasteiger partial charge >= 0.3 is 0 Å². The normalized spacial score (nSPS) is 10.3. The van der Waals surface area contributed by atoms with Crippen molar-refractivity contribution in [1.29, 1.82) is 0 Å². The molecule has 4 heteroatoms. The summed E-state index contributed by atoms with van der Waals surface area (Å²) >= 11 is 0. The van der Waals surface area contributed by atoms with Crippen molar-refractivity contribution < 1.29 is 4.74 Å². The molecule has 0 spiro atoms. The predicted octanol–water partition coefficient (Wildman–Crippen LogP) is 3.01. The van der Waals surface area contributed by atoms with Crippen molar-refractivity contribution in [2.75, 3.05) is 24.3 Å². The van der Waals surface area contributed by atoms with Gasteiger partial charge < -0.3 is 15.4 Å². The highest BCUT2D eigenvalue weighted by Gasteiger charge is 2.10. The molecule has 1 aromatic heterocycles. The van der Waals surface area contributed by atoms with Gasteiger partial charge in [0, 0.05) is 12.7 Å². The predicted molar refractivity (Wildman–Crippen MR) is 83.1 cm³/mol. The minimum absolute atomic E-state index is 0.608. The van der Waals surface area contributed by atoms with E-state index in [1.807, 2.05) is 57.3 Å². The van der Waals surface area contributed by atoms with Gasteiger partial charge in [0.2, 0.25) is 0 Å². The molecule has 0 saturated carbocycles. The first kappa shape index (κ1) is 14.2. The molecule has 0 amide bonds. The van der Waals surface area contributed by atoms with Gasteiger partial charge in [-0.2, -0.15) is 0 Å². The minimum Gasteiger partial charge on any atom is -0.492 e. The van der Waals surface area contributed by atoms with E-state index in [0.717, 1.165) is 22.8 Å². The number of hydrogen-bond acceptors (Lipinski definition) is 4. The average molecular weight is 271 g/mol. The average Bonchev–Trinajstić information content (AvgIpc) is 2.41. The van der Waals surface area contributed by atoms with Gasteiger partial charge in [-0.15, -0.1) is 0 Å². The Labute approximate surface area is 120 Å². The highest BCUT2D eigenvalue weighted by molar-refractivity contribution is 5.73. The zero-order valence-electron chi connectivity index (χ0n) is 12.3. The number of nitrogen functional groups attached to an aromatic ring is 1. The number of rotatable bonds is 5. The molecular weight excluding hydrogens is 250 g/mol. The Kier molecular flexibility index (Phi) is 4.45. The number of nitrogens with zero attached hydrogens (tertiary/aromatic N) is 2. The van der Waals surface area contributed by atoms with Crippen LogP contribution in [0.4, 0.5) is 11.4 Å². The number of aryl methyl sites for hydroxylation is 1. The number of anilines is 2. The van der Waals surface area contributed by atoms with Crippen LogP contribution in [-0.2, 0) is 6.54 Å². The lowest BCUT2D eigenvalue weighted by Crippen LogP contribution is -2.19. The summed E-state index contributed by atoms with van der Waals surface area (Å²) in [6.45, 7) is 5.26. The van der Waals surface area contributed by atoms with Gasteiger partial charge in [0.25, 0.3) is 0 Å². The van der Waals surface area contributed by atoms with Crippen LogP contribution in [0.25, 0.3) is 0 Å². The van der Waals surface area contributed by atoms with E-state index in [0.29, 0.717) is 18.8 Å². The molecular formula is C16H21N3O. The second kappa shape index (κ2) is 6.28. The van der Waals surface area contributed by atoms with Crippen molar-refractivity contribution in [2.24, 2.45) is 0 Å². The highest BCUT2D eigenvalue weighted by Crippen LogP contribution is 2.32. The van der Waals surface area contributed by atoms with Crippen LogP contribution in [0.2, 0.25) is 0 Å². The maximum Gasteiger partial charge on any atom is 0.144 e. The first-order chi connectivity index (χ1) is 9.61. The van der Waals surface area contributed by atoms with Crippen LogP contribution in [0.15, 0.2) is 36.4 Å². The topological polar surface area (TPSA) is 51.4 Å². The van der Waals surface area contributed by atoms with E-state index < -0.39 is 0 Å². The molecule has 1 heterocycles. The summed E-state index contributed by atoms with van der Waals surface area (Å²) in [5, 5.41) is 0. The van der Waals surface area contributed by atoms with E-state index in [1.165, 1.54) is 0 Å². The number of pyridine rings is 1. The van der Waals surface area contributed by atoms with Crippen molar-refractivity contribution in [3.05, 3.63) is 47.8 Å². The van der Waals surface area contributed by atoms with Crippen molar-refractivity contribution >= 4 is 11.4 Å². The second-order valence-electron chi connectivity index (χ2n) is 4.75. The van der Waals surface area contributed by atoms with E-state index in [2.05, 4.69) is 9.88 Å². The Morgan fingerprint density at radius 3 is 2.65 bits per heavy atom. The highest BCUT2D eigenvalue weighted by atomic mass is 16.5. The Morgan fingerprint density at radius 2 is 1.95 bits per heavy atom. The van der Waals surface area contributed by atoms with Gasteiger partial charge in [0.15, 0.2) is 0 Å². The standard InChI is InChI=1S/C16H21N3O/c1-4-20-15-10-6-9-14(16(15)17)19(3)11-13-8-5-7-12(2)18-13/h5-10H,4,11,17H2,1-3H3. The van der Waals surface area contributed by atoms with Gasteiger partial charge in [-0.25, -0.2) is 0 Å². The van der Waals surface area contributed by atoms with Crippen LogP contribution in [0, 0.1) is 6.92 Å². The number of aromatic nitrogens is 1. The van der Waals surface area contributed by atoms with E-state index in [4.69, 9.17) is 10.5 Å². The van der Waals surface area contributed by atoms with E-state index >= 15 is 0 Å². The summed E-state index contributed by atoms with van der Waals surface area (Å²) in [6, 6.07) is 11.9. The quantitative estimate of drug-likeness (QED) is 0.849. The Bertz CT molecular complexity index is 584. The lowest BCUT2D eigenvalue weighted by atomic mass is 10.2. The molecule has 106 valence electrons. The number of nitrogens with two attached hydrogens (primary N) is 1. The van der Waals surface area contributed by atoms with Crippen LogP contribution in [0.3, 0.4) is 0 Å². The molecule has 0 radical (unpaired) electrons. The molecule has 0 aliphatic heterocycles. The Morgan fingerprint density at radius 1 is 1.20 bits per heavy atom.